The maximum absolute atomic E-state index is 5.95. The van der Waals surface area contributed by atoms with E-state index in [4.69, 9.17) is 16.0 Å². The van der Waals surface area contributed by atoms with Crippen LogP contribution in [0.4, 0.5) is 5.82 Å². The summed E-state index contributed by atoms with van der Waals surface area (Å²) in [6.07, 6.45) is 0. The lowest BCUT2D eigenvalue weighted by Gasteiger charge is -2.16. The van der Waals surface area contributed by atoms with Gasteiger partial charge in [-0.15, -0.1) is 10.2 Å². The van der Waals surface area contributed by atoms with Gasteiger partial charge in [-0.2, -0.15) is 0 Å². The van der Waals surface area contributed by atoms with E-state index in [1.165, 1.54) is 0 Å². The molecule has 102 valence electrons. The standard InChI is InChI=1S/C14H18ClN3O/c1-7-6-12(11(5)19-7)10(4)16-14-9(3)8(2)13(15)17-18-14/h6,10H,1-5H3,(H,16,18). The van der Waals surface area contributed by atoms with E-state index < -0.39 is 0 Å². The SMILES string of the molecule is Cc1cc(C(C)Nc2nnc(Cl)c(C)c2C)c(C)o1. The van der Waals surface area contributed by atoms with Gasteiger partial charge in [0.1, 0.15) is 11.5 Å². The van der Waals surface area contributed by atoms with E-state index >= 15 is 0 Å². The predicted octanol–water partition coefficient (Wildman–Crippen LogP) is 4.13. The molecule has 2 rings (SSSR count). The molecule has 0 radical (unpaired) electrons. The van der Waals surface area contributed by atoms with Crippen molar-refractivity contribution in [3.8, 4) is 0 Å². The van der Waals surface area contributed by atoms with Crippen LogP contribution in [0, 0.1) is 27.7 Å². The number of nitrogens with zero attached hydrogens (tertiary/aromatic N) is 2. The molecule has 4 nitrogen and oxygen atoms in total. The zero-order chi connectivity index (χ0) is 14.2. The Kier molecular flexibility index (Phi) is 3.80. The van der Waals surface area contributed by atoms with Gasteiger partial charge < -0.3 is 9.73 Å². The number of furan rings is 1. The third kappa shape index (κ3) is 2.73. The Labute approximate surface area is 118 Å². The fourth-order valence-corrected chi connectivity index (χ4v) is 2.26. The van der Waals surface area contributed by atoms with Crippen LogP contribution in [0.2, 0.25) is 5.15 Å². The maximum atomic E-state index is 5.95. The van der Waals surface area contributed by atoms with Crippen LogP contribution < -0.4 is 5.32 Å². The molecule has 19 heavy (non-hydrogen) atoms. The van der Waals surface area contributed by atoms with Crippen molar-refractivity contribution >= 4 is 17.4 Å². The highest BCUT2D eigenvalue weighted by molar-refractivity contribution is 6.30. The second kappa shape index (κ2) is 5.21. The summed E-state index contributed by atoms with van der Waals surface area (Å²) in [6, 6.07) is 2.14. The van der Waals surface area contributed by atoms with Crippen LogP contribution in [0.5, 0.6) is 0 Å². The van der Waals surface area contributed by atoms with E-state index in [0.717, 1.165) is 34.0 Å². The van der Waals surface area contributed by atoms with Crippen molar-refractivity contribution < 1.29 is 4.42 Å². The zero-order valence-corrected chi connectivity index (χ0v) is 12.6. The van der Waals surface area contributed by atoms with E-state index in [0.29, 0.717) is 5.15 Å². The molecular weight excluding hydrogens is 262 g/mol. The summed E-state index contributed by atoms with van der Waals surface area (Å²) in [5.74, 6) is 2.60. The van der Waals surface area contributed by atoms with Gasteiger partial charge in [0.05, 0.1) is 6.04 Å². The molecule has 2 heterocycles. The summed E-state index contributed by atoms with van der Waals surface area (Å²) >= 11 is 5.95. The Balaban J connectivity index is 2.27. The van der Waals surface area contributed by atoms with Crippen LogP contribution in [0.15, 0.2) is 10.5 Å². The first-order chi connectivity index (χ1) is 8.90. The summed E-state index contributed by atoms with van der Waals surface area (Å²) in [5.41, 5.74) is 3.10. The van der Waals surface area contributed by atoms with Crippen LogP contribution in [0.3, 0.4) is 0 Å². The first-order valence-electron chi connectivity index (χ1n) is 6.23. The minimum Gasteiger partial charge on any atom is -0.466 e. The topological polar surface area (TPSA) is 51.0 Å². The van der Waals surface area contributed by atoms with Gasteiger partial charge >= 0.3 is 0 Å². The van der Waals surface area contributed by atoms with Crippen molar-refractivity contribution in [2.24, 2.45) is 0 Å². The fourth-order valence-electron chi connectivity index (χ4n) is 2.08. The average Bonchev–Trinajstić information content (AvgIpc) is 2.69. The summed E-state index contributed by atoms with van der Waals surface area (Å²) in [4.78, 5) is 0. The molecule has 1 atom stereocenters. The van der Waals surface area contributed by atoms with Gasteiger partial charge in [0.25, 0.3) is 0 Å². The van der Waals surface area contributed by atoms with Crippen molar-refractivity contribution in [2.45, 2.75) is 40.7 Å². The molecule has 1 N–H and O–H groups in total. The van der Waals surface area contributed by atoms with Crippen molar-refractivity contribution in [2.75, 3.05) is 5.32 Å². The number of nitrogens with one attached hydrogen (secondary N) is 1. The highest BCUT2D eigenvalue weighted by Crippen LogP contribution is 2.27. The van der Waals surface area contributed by atoms with Crippen molar-refractivity contribution in [1.82, 2.24) is 10.2 Å². The molecule has 2 aromatic heterocycles. The first-order valence-corrected chi connectivity index (χ1v) is 6.60. The van der Waals surface area contributed by atoms with Gasteiger partial charge in [-0.3, -0.25) is 0 Å². The molecule has 0 fully saturated rings. The van der Waals surface area contributed by atoms with Gasteiger partial charge in [0, 0.05) is 5.56 Å². The van der Waals surface area contributed by atoms with E-state index in [-0.39, 0.29) is 6.04 Å². The average molecular weight is 280 g/mol. The molecule has 1 unspecified atom stereocenters. The molecule has 0 bridgehead atoms. The van der Waals surface area contributed by atoms with E-state index in [1.54, 1.807) is 0 Å². The Morgan fingerprint density at radius 1 is 1.16 bits per heavy atom. The monoisotopic (exact) mass is 279 g/mol. The number of halogens is 1. The molecule has 0 saturated heterocycles. The van der Waals surface area contributed by atoms with E-state index in [9.17, 15) is 0 Å². The number of hydrogen-bond donors (Lipinski definition) is 1. The molecule has 0 saturated carbocycles. The molecule has 2 aromatic rings. The molecule has 0 amide bonds. The highest BCUT2D eigenvalue weighted by Gasteiger charge is 2.15. The van der Waals surface area contributed by atoms with Crippen molar-refractivity contribution in [1.29, 1.82) is 0 Å². The smallest absolute Gasteiger partial charge is 0.155 e. The summed E-state index contributed by atoms with van der Waals surface area (Å²) in [7, 11) is 0. The second-order valence-corrected chi connectivity index (χ2v) is 5.18. The number of anilines is 1. The van der Waals surface area contributed by atoms with Crippen LogP contribution in [-0.2, 0) is 0 Å². The largest absolute Gasteiger partial charge is 0.466 e. The highest BCUT2D eigenvalue weighted by atomic mass is 35.5. The molecule has 0 aliphatic carbocycles. The lowest BCUT2D eigenvalue weighted by molar-refractivity contribution is 0.499. The van der Waals surface area contributed by atoms with E-state index in [1.807, 2.05) is 33.8 Å². The molecule has 5 heteroatoms. The Bertz CT molecular complexity index is 607. The van der Waals surface area contributed by atoms with Gasteiger partial charge in [0.2, 0.25) is 0 Å². The quantitative estimate of drug-likeness (QED) is 0.918. The summed E-state index contributed by atoms with van der Waals surface area (Å²) in [6.45, 7) is 9.91. The lowest BCUT2D eigenvalue weighted by Crippen LogP contribution is -2.11. The normalized spacial score (nSPS) is 12.5. The van der Waals surface area contributed by atoms with Gasteiger partial charge in [0.15, 0.2) is 11.0 Å². The van der Waals surface area contributed by atoms with Crippen molar-refractivity contribution in [3.05, 3.63) is 39.4 Å². The van der Waals surface area contributed by atoms with Crippen LogP contribution in [0.1, 0.15) is 41.2 Å². The zero-order valence-electron chi connectivity index (χ0n) is 11.8. The molecule has 0 aliphatic rings. The van der Waals surface area contributed by atoms with E-state index in [2.05, 4.69) is 22.4 Å². The Hall–Kier alpha value is -1.55. The number of aryl methyl sites for hydroxylation is 2. The number of rotatable bonds is 3. The lowest BCUT2D eigenvalue weighted by atomic mass is 10.1. The number of hydrogen-bond acceptors (Lipinski definition) is 4. The predicted molar refractivity (Wildman–Crippen MR) is 76.7 cm³/mol. The minimum absolute atomic E-state index is 0.103. The molecule has 0 aliphatic heterocycles. The van der Waals surface area contributed by atoms with Crippen LogP contribution >= 0.6 is 11.6 Å². The number of aromatic nitrogens is 2. The first kappa shape index (κ1) is 13.9. The molecule has 0 aromatic carbocycles. The van der Waals surface area contributed by atoms with Gasteiger partial charge in [-0.1, -0.05) is 11.6 Å². The third-order valence-corrected chi connectivity index (χ3v) is 3.72. The van der Waals surface area contributed by atoms with Gasteiger partial charge in [-0.05, 0) is 51.8 Å². The maximum Gasteiger partial charge on any atom is 0.155 e. The van der Waals surface area contributed by atoms with Crippen molar-refractivity contribution in [3.63, 3.8) is 0 Å². The second-order valence-electron chi connectivity index (χ2n) is 4.82. The fraction of sp³-hybridized carbons (Fsp3) is 0.429. The van der Waals surface area contributed by atoms with Crippen LogP contribution in [-0.4, -0.2) is 10.2 Å². The third-order valence-electron chi connectivity index (χ3n) is 3.36. The Morgan fingerprint density at radius 2 is 1.84 bits per heavy atom. The van der Waals surface area contributed by atoms with Crippen LogP contribution in [0.25, 0.3) is 0 Å². The Morgan fingerprint density at radius 3 is 2.42 bits per heavy atom. The summed E-state index contributed by atoms with van der Waals surface area (Å²) < 4.78 is 5.55. The molecular formula is C14H18ClN3O. The molecule has 0 spiro atoms. The summed E-state index contributed by atoms with van der Waals surface area (Å²) in [5, 5.41) is 11.9. The minimum atomic E-state index is 0.103. The van der Waals surface area contributed by atoms with Gasteiger partial charge in [-0.25, -0.2) is 0 Å².